The van der Waals surface area contributed by atoms with E-state index in [0.717, 1.165) is 39.0 Å². The van der Waals surface area contributed by atoms with Gasteiger partial charge in [-0.1, -0.05) is 20.3 Å². The van der Waals surface area contributed by atoms with E-state index in [4.69, 9.17) is 4.74 Å². The zero-order valence-corrected chi connectivity index (χ0v) is 11.8. The minimum Gasteiger partial charge on any atom is -0.381 e. The van der Waals surface area contributed by atoms with Crippen LogP contribution in [0.1, 0.15) is 47.0 Å². The SMILES string of the molecule is CCCCOCCCNC(=O)C(C)(C)NCC. The molecule has 4 heteroatoms. The molecular weight excluding hydrogens is 216 g/mol. The Morgan fingerprint density at radius 2 is 1.82 bits per heavy atom. The summed E-state index contributed by atoms with van der Waals surface area (Å²) in [5.74, 6) is 0.0490. The zero-order chi connectivity index (χ0) is 13.1. The maximum absolute atomic E-state index is 11.8. The maximum Gasteiger partial charge on any atom is 0.239 e. The van der Waals surface area contributed by atoms with E-state index >= 15 is 0 Å². The molecule has 0 fully saturated rings. The molecule has 0 rings (SSSR count). The summed E-state index contributed by atoms with van der Waals surface area (Å²) in [5.41, 5.74) is -0.488. The third-order valence-electron chi connectivity index (χ3n) is 2.58. The Morgan fingerprint density at radius 1 is 1.18 bits per heavy atom. The summed E-state index contributed by atoms with van der Waals surface area (Å²) < 4.78 is 5.42. The molecule has 0 saturated carbocycles. The fraction of sp³-hybridized carbons (Fsp3) is 0.923. The van der Waals surface area contributed by atoms with Crippen molar-refractivity contribution in [2.75, 3.05) is 26.3 Å². The number of carbonyl (C=O) groups excluding carboxylic acids is 1. The van der Waals surface area contributed by atoms with Crippen LogP contribution < -0.4 is 10.6 Å². The fourth-order valence-corrected chi connectivity index (χ4v) is 1.47. The van der Waals surface area contributed by atoms with E-state index in [1.807, 2.05) is 20.8 Å². The first-order valence-electron chi connectivity index (χ1n) is 6.65. The van der Waals surface area contributed by atoms with E-state index in [1.54, 1.807) is 0 Å². The molecule has 0 saturated heterocycles. The molecule has 0 aromatic carbocycles. The minimum absolute atomic E-state index is 0.0490. The van der Waals surface area contributed by atoms with Crippen LogP contribution in [0, 0.1) is 0 Å². The minimum atomic E-state index is -0.488. The second kappa shape index (κ2) is 9.42. The highest BCUT2D eigenvalue weighted by molar-refractivity contribution is 5.85. The van der Waals surface area contributed by atoms with Crippen molar-refractivity contribution in [3.8, 4) is 0 Å². The molecular formula is C13H28N2O2. The quantitative estimate of drug-likeness (QED) is 0.575. The Hall–Kier alpha value is -0.610. The predicted octanol–water partition coefficient (Wildman–Crippen LogP) is 1.70. The average Bonchev–Trinajstić information content (AvgIpc) is 2.27. The molecule has 0 aliphatic heterocycles. The standard InChI is InChI=1S/C13H28N2O2/c1-5-7-10-17-11-8-9-14-12(16)13(3,4)15-6-2/h15H,5-11H2,1-4H3,(H,14,16). The van der Waals surface area contributed by atoms with Crippen molar-refractivity contribution in [1.82, 2.24) is 10.6 Å². The van der Waals surface area contributed by atoms with Crippen molar-refractivity contribution < 1.29 is 9.53 Å². The molecule has 0 unspecified atom stereocenters. The number of amides is 1. The van der Waals surface area contributed by atoms with Gasteiger partial charge >= 0.3 is 0 Å². The van der Waals surface area contributed by atoms with E-state index in [1.165, 1.54) is 0 Å². The van der Waals surface area contributed by atoms with Crippen LogP contribution in [0.5, 0.6) is 0 Å². The average molecular weight is 244 g/mol. The summed E-state index contributed by atoms with van der Waals surface area (Å²) in [6.45, 7) is 11.0. The summed E-state index contributed by atoms with van der Waals surface area (Å²) in [4.78, 5) is 11.8. The Kier molecular flexibility index (Phi) is 9.09. The summed E-state index contributed by atoms with van der Waals surface area (Å²) in [5, 5.41) is 6.06. The molecule has 0 atom stereocenters. The van der Waals surface area contributed by atoms with Crippen molar-refractivity contribution in [3.63, 3.8) is 0 Å². The highest BCUT2D eigenvalue weighted by Crippen LogP contribution is 2.01. The first kappa shape index (κ1) is 16.4. The first-order chi connectivity index (χ1) is 8.04. The molecule has 0 aromatic heterocycles. The molecule has 0 aromatic rings. The van der Waals surface area contributed by atoms with Crippen LogP contribution in [-0.4, -0.2) is 37.7 Å². The van der Waals surface area contributed by atoms with Gasteiger partial charge in [-0.25, -0.2) is 0 Å². The van der Waals surface area contributed by atoms with Crippen LogP contribution >= 0.6 is 0 Å². The highest BCUT2D eigenvalue weighted by Gasteiger charge is 2.25. The summed E-state index contributed by atoms with van der Waals surface area (Å²) in [6, 6.07) is 0. The largest absolute Gasteiger partial charge is 0.381 e. The molecule has 17 heavy (non-hydrogen) atoms. The van der Waals surface area contributed by atoms with E-state index < -0.39 is 5.54 Å². The van der Waals surface area contributed by atoms with Crippen molar-refractivity contribution in [1.29, 1.82) is 0 Å². The third kappa shape index (κ3) is 8.16. The molecule has 0 heterocycles. The van der Waals surface area contributed by atoms with Gasteiger partial charge in [-0.2, -0.15) is 0 Å². The second-order valence-electron chi connectivity index (χ2n) is 4.73. The van der Waals surface area contributed by atoms with E-state index in [0.29, 0.717) is 6.54 Å². The first-order valence-corrected chi connectivity index (χ1v) is 6.65. The summed E-state index contributed by atoms with van der Waals surface area (Å²) >= 11 is 0. The Morgan fingerprint density at radius 3 is 2.41 bits per heavy atom. The lowest BCUT2D eigenvalue weighted by Gasteiger charge is -2.24. The number of hydrogen-bond donors (Lipinski definition) is 2. The molecule has 0 aliphatic rings. The van der Waals surface area contributed by atoms with Gasteiger partial charge in [-0.05, 0) is 33.2 Å². The molecule has 0 radical (unpaired) electrons. The number of hydrogen-bond acceptors (Lipinski definition) is 3. The molecule has 4 nitrogen and oxygen atoms in total. The van der Waals surface area contributed by atoms with Crippen molar-refractivity contribution in [3.05, 3.63) is 0 Å². The maximum atomic E-state index is 11.8. The number of ether oxygens (including phenoxy) is 1. The van der Waals surface area contributed by atoms with Gasteiger partial charge in [-0.15, -0.1) is 0 Å². The molecule has 1 amide bonds. The van der Waals surface area contributed by atoms with Gasteiger partial charge in [0.2, 0.25) is 5.91 Å². The molecule has 0 spiro atoms. The molecule has 0 bridgehead atoms. The predicted molar refractivity (Wildman–Crippen MR) is 71.1 cm³/mol. The number of carbonyl (C=O) groups is 1. The summed E-state index contributed by atoms with van der Waals surface area (Å²) in [7, 11) is 0. The smallest absolute Gasteiger partial charge is 0.239 e. The van der Waals surface area contributed by atoms with Crippen molar-refractivity contribution in [2.45, 2.75) is 52.5 Å². The van der Waals surface area contributed by atoms with Crippen LogP contribution in [0.25, 0.3) is 0 Å². The van der Waals surface area contributed by atoms with E-state index in [2.05, 4.69) is 17.6 Å². The van der Waals surface area contributed by atoms with Crippen LogP contribution in [-0.2, 0) is 9.53 Å². The molecule has 2 N–H and O–H groups in total. The van der Waals surface area contributed by atoms with Crippen molar-refractivity contribution in [2.24, 2.45) is 0 Å². The van der Waals surface area contributed by atoms with Gasteiger partial charge in [0.05, 0.1) is 5.54 Å². The lowest BCUT2D eigenvalue weighted by molar-refractivity contribution is -0.126. The van der Waals surface area contributed by atoms with E-state index in [-0.39, 0.29) is 5.91 Å². The van der Waals surface area contributed by atoms with Gasteiger partial charge in [0, 0.05) is 19.8 Å². The Balaban J connectivity index is 3.51. The van der Waals surface area contributed by atoms with Crippen LogP contribution in [0.15, 0.2) is 0 Å². The van der Waals surface area contributed by atoms with Crippen molar-refractivity contribution >= 4 is 5.91 Å². The highest BCUT2D eigenvalue weighted by atomic mass is 16.5. The molecule has 102 valence electrons. The normalized spacial score (nSPS) is 11.5. The van der Waals surface area contributed by atoms with Gasteiger partial charge in [-0.3, -0.25) is 4.79 Å². The Bertz CT molecular complexity index is 206. The van der Waals surface area contributed by atoms with E-state index in [9.17, 15) is 4.79 Å². The zero-order valence-electron chi connectivity index (χ0n) is 11.8. The third-order valence-corrected chi connectivity index (χ3v) is 2.58. The van der Waals surface area contributed by atoms with Crippen LogP contribution in [0.4, 0.5) is 0 Å². The van der Waals surface area contributed by atoms with Crippen LogP contribution in [0.2, 0.25) is 0 Å². The van der Waals surface area contributed by atoms with Gasteiger partial charge in [0.15, 0.2) is 0 Å². The second-order valence-corrected chi connectivity index (χ2v) is 4.73. The van der Waals surface area contributed by atoms with Gasteiger partial charge < -0.3 is 15.4 Å². The monoisotopic (exact) mass is 244 g/mol. The van der Waals surface area contributed by atoms with Crippen LogP contribution in [0.3, 0.4) is 0 Å². The number of rotatable bonds is 10. The lowest BCUT2D eigenvalue weighted by atomic mass is 10.0. The lowest BCUT2D eigenvalue weighted by Crippen LogP contribution is -2.52. The summed E-state index contributed by atoms with van der Waals surface area (Å²) in [6.07, 6.45) is 3.14. The van der Waals surface area contributed by atoms with Gasteiger partial charge in [0.1, 0.15) is 0 Å². The number of nitrogens with one attached hydrogen (secondary N) is 2. The fourth-order valence-electron chi connectivity index (χ4n) is 1.47. The number of unbranched alkanes of at least 4 members (excludes halogenated alkanes) is 1. The van der Waals surface area contributed by atoms with Gasteiger partial charge in [0.25, 0.3) is 0 Å². The molecule has 0 aliphatic carbocycles. The Labute approximate surface area is 105 Å². The topological polar surface area (TPSA) is 50.4 Å². The number of likely N-dealkylation sites (N-methyl/N-ethyl adjacent to an activating group) is 1.